The highest BCUT2D eigenvalue weighted by Crippen LogP contribution is 2.19. The molecule has 1 aromatic carbocycles. The minimum atomic E-state index is -1.05. The van der Waals surface area contributed by atoms with Crippen molar-refractivity contribution in [2.75, 3.05) is 7.05 Å². The molecule has 0 fully saturated rings. The van der Waals surface area contributed by atoms with Gasteiger partial charge in [-0.1, -0.05) is 12.1 Å². The number of carboxylic acid groups (broad SMARTS) is 1. The molecule has 0 atom stereocenters. The molecule has 0 saturated heterocycles. The Hall–Kier alpha value is -2.21. The third-order valence-corrected chi connectivity index (χ3v) is 3.74. The monoisotopic (exact) mass is 293 g/mol. The summed E-state index contributed by atoms with van der Waals surface area (Å²) in [6.07, 6.45) is 0. The number of aromatic carboxylic acids is 1. The zero-order valence-electron chi connectivity index (χ0n) is 10.7. The highest BCUT2D eigenvalue weighted by atomic mass is 32.1. The van der Waals surface area contributed by atoms with Gasteiger partial charge in [0.2, 0.25) is 0 Å². The Morgan fingerprint density at radius 3 is 2.55 bits per heavy atom. The molecule has 1 heterocycles. The zero-order valence-corrected chi connectivity index (χ0v) is 11.5. The lowest BCUT2D eigenvalue weighted by Crippen LogP contribution is -2.25. The standard InChI is InChI=1S/C14H12FNO3S/c1-16(8-9-3-2-4-10(15)7-9)13(17)11-5-6-12(20-11)14(18)19/h2-7H,8H2,1H3,(H,18,19). The third-order valence-electron chi connectivity index (χ3n) is 2.68. The van der Waals surface area contributed by atoms with Gasteiger partial charge >= 0.3 is 5.97 Å². The molecule has 2 aromatic rings. The molecule has 1 aromatic heterocycles. The molecule has 20 heavy (non-hydrogen) atoms. The molecule has 1 N–H and O–H groups in total. The van der Waals surface area contributed by atoms with Gasteiger partial charge in [0.1, 0.15) is 10.7 Å². The quantitative estimate of drug-likeness (QED) is 0.943. The van der Waals surface area contributed by atoms with E-state index in [0.717, 1.165) is 11.3 Å². The first-order valence-electron chi connectivity index (χ1n) is 5.80. The van der Waals surface area contributed by atoms with Crippen molar-refractivity contribution in [2.45, 2.75) is 6.54 Å². The second kappa shape index (κ2) is 5.83. The van der Waals surface area contributed by atoms with E-state index >= 15 is 0 Å². The van der Waals surface area contributed by atoms with Crippen molar-refractivity contribution in [1.29, 1.82) is 0 Å². The van der Waals surface area contributed by atoms with Gasteiger partial charge in [0.15, 0.2) is 0 Å². The van der Waals surface area contributed by atoms with Gasteiger partial charge in [-0.3, -0.25) is 4.79 Å². The second-order valence-electron chi connectivity index (χ2n) is 4.26. The Labute approximate surface area is 119 Å². The lowest BCUT2D eigenvalue weighted by atomic mass is 10.2. The van der Waals surface area contributed by atoms with E-state index in [9.17, 15) is 14.0 Å². The first-order chi connectivity index (χ1) is 9.47. The van der Waals surface area contributed by atoms with E-state index in [1.807, 2.05) is 0 Å². The van der Waals surface area contributed by atoms with Crippen LogP contribution in [0.5, 0.6) is 0 Å². The summed E-state index contributed by atoms with van der Waals surface area (Å²) in [5.74, 6) is -1.69. The number of halogens is 1. The van der Waals surface area contributed by atoms with Gasteiger partial charge in [-0.05, 0) is 29.8 Å². The molecule has 0 radical (unpaired) electrons. The Balaban J connectivity index is 2.10. The fourth-order valence-electron chi connectivity index (χ4n) is 1.74. The van der Waals surface area contributed by atoms with Crippen LogP contribution in [0.1, 0.15) is 24.9 Å². The SMILES string of the molecule is CN(Cc1cccc(F)c1)C(=O)c1ccc(C(=O)O)s1. The average molecular weight is 293 g/mol. The van der Waals surface area contributed by atoms with Crippen molar-refractivity contribution in [3.8, 4) is 0 Å². The summed E-state index contributed by atoms with van der Waals surface area (Å²) >= 11 is 0.926. The third kappa shape index (κ3) is 3.21. The number of rotatable bonds is 4. The second-order valence-corrected chi connectivity index (χ2v) is 5.34. The first kappa shape index (κ1) is 14.2. The van der Waals surface area contributed by atoms with Gasteiger partial charge in [-0.25, -0.2) is 9.18 Å². The molecule has 6 heteroatoms. The van der Waals surface area contributed by atoms with Crippen LogP contribution in [0.3, 0.4) is 0 Å². The Bertz CT molecular complexity index is 653. The number of nitrogens with zero attached hydrogens (tertiary/aromatic N) is 1. The smallest absolute Gasteiger partial charge is 0.345 e. The van der Waals surface area contributed by atoms with Gasteiger partial charge in [0, 0.05) is 13.6 Å². The highest BCUT2D eigenvalue weighted by Gasteiger charge is 2.16. The normalized spacial score (nSPS) is 10.3. The summed E-state index contributed by atoms with van der Waals surface area (Å²) in [5.41, 5.74) is 0.677. The van der Waals surface area contributed by atoms with E-state index in [4.69, 9.17) is 5.11 Å². The van der Waals surface area contributed by atoms with Crippen molar-refractivity contribution in [2.24, 2.45) is 0 Å². The average Bonchev–Trinajstić information content (AvgIpc) is 2.87. The molecule has 0 spiro atoms. The summed E-state index contributed by atoms with van der Waals surface area (Å²) in [5, 5.41) is 8.83. The molecule has 0 aliphatic carbocycles. The van der Waals surface area contributed by atoms with Crippen LogP contribution in [0.15, 0.2) is 36.4 Å². The maximum absolute atomic E-state index is 13.1. The first-order valence-corrected chi connectivity index (χ1v) is 6.62. The predicted octanol–water partition coefficient (Wildman–Crippen LogP) is 2.86. The van der Waals surface area contributed by atoms with Crippen LogP contribution in [0.2, 0.25) is 0 Å². The molecule has 0 bridgehead atoms. The Kier molecular flexibility index (Phi) is 4.14. The largest absolute Gasteiger partial charge is 0.477 e. The zero-order chi connectivity index (χ0) is 14.7. The molecule has 1 amide bonds. The van der Waals surface area contributed by atoms with Crippen LogP contribution in [0.25, 0.3) is 0 Å². The van der Waals surface area contributed by atoms with E-state index in [2.05, 4.69) is 0 Å². The van der Waals surface area contributed by atoms with Crippen LogP contribution in [0.4, 0.5) is 4.39 Å². The fraction of sp³-hybridized carbons (Fsp3) is 0.143. The van der Waals surface area contributed by atoms with Crippen LogP contribution in [0, 0.1) is 5.82 Å². The van der Waals surface area contributed by atoms with E-state index in [0.29, 0.717) is 10.4 Å². The number of carbonyl (C=O) groups excluding carboxylic acids is 1. The molecule has 0 aliphatic rings. The van der Waals surface area contributed by atoms with Gasteiger partial charge in [0.05, 0.1) is 4.88 Å². The van der Waals surface area contributed by atoms with Crippen molar-refractivity contribution >= 4 is 23.2 Å². The van der Waals surface area contributed by atoms with Gasteiger partial charge < -0.3 is 10.0 Å². The lowest BCUT2D eigenvalue weighted by molar-refractivity contribution is 0.0701. The maximum Gasteiger partial charge on any atom is 0.345 e. The number of hydrogen-bond donors (Lipinski definition) is 1. The van der Waals surface area contributed by atoms with Crippen LogP contribution >= 0.6 is 11.3 Å². The molecule has 0 saturated carbocycles. The maximum atomic E-state index is 13.1. The highest BCUT2D eigenvalue weighted by molar-refractivity contribution is 7.15. The number of hydrogen-bond acceptors (Lipinski definition) is 3. The van der Waals surface area contributed by atoms with Crippen molar-refractivity contribution in [3.63, 3.8) is 0 Å². The summed E-state index contributed by atoms with van der Waals surface area (Å²) < 4.78 is 13.1. The molecular formula is C14H12FNO3S. The topological polar surface area (TPSA) is 57.6 Å². The van der Waals surface area contributed by atoms with Gasteiger partial charge in [-0.15, -0.1) is 11.3 Å². The number of carbonyl (C=O) groups is 2. The van der Waals surface area contributed by atoms with Crippen molar-refractivity contribution in [3.05, 3.63) is 57.5 Å². The fourth-order valence-corrected chi connectivity index (χ4v) is 2.58. The summed E-state index contributed by atoms with van der Waals surface area (Å²) in [7, 11) is 1.59. The Morgan fingerprint density at radius 1 is 1.25 bits per heavy atom. The Morgan fingerprint density at radius 2 is 1.95 bits per heavy atom. The molecule has 4 nitrogen and oxygen atoms in total. The number of carboxylic acids is 1. The van der Waals surface area contributed by atoms with Gasteiger partial charge in [0.25, 0.3) is 5.91 Å². The molecular weight excluding hydrogens is 281 g/mol. The van der Waals surface area contributed by atoms with Crippen molar-refractivity contribution < 1.29 is 19.1 Å². The van der Waals surface area contributed by atoms with E-state index < -0.39 is 5.97 Å². The van der Waals surface area contributed by atoms with E-state index in [1.165, 1.54) is 29.2 Å². The number of thiophene rings is 1. The lowest BCUT2D eigenvalue weighted by Gasteiger charge is -2.16. The molecule has 104 valence electrons. The van der Waals surface area contributed by atoms with Crippen LogP contribution in [-0.4, -0.2) is 28.9 Å². The minimum absolute atomic E-state index is 0.118. The predicted molar refractivity (Wildman–Crippen MR) is 73.5 cm³/mol. The summed E-state index contributed by atoms with van der Waals surface area (Å²) in [6.45, 7) is 0.261. The molecule has 2 rings (SSSR count). The van der Waals surface area contributed by atoms with Crippen molar-refractivity contribution in [1.82, 2.24) is 4.90 Å². The molecule has 0 unspecified atom stereocenters. The van der Waals surface area contributed by atoms with Crippen LogP contribution in [-0.2, 0) is 6.54 Å². The summed E-state index contributed by atoms with van der Waals surface area (Å²) in [4.78, 5) is 24.8. The van der Waals surface area contributed by atoms with E-state index in [1.54, 1.807) is 19.2 Å². The number of amides is 1. The minimum Gasteiger partial charge on any atom is -0.477 e. The van der Waals surface area contributed by atoms with Gasteiger partial charge in [-0.2, -0.15) is 0 Å². The van der Waals surface area contributed by atoms with E-state index in [-0.39, 0.29) is 23.1 Å². The summed E-state index contributed by atoms with van der Waals surface area (Å²) in [6, 6.07) is 8.89. The number of benzene rings is 1. The van der Waals surface area contributed by atoms with Crippen LogP contribution < -0.4 is 0 Å². The molecule has 0 aliphatic heterocycles.